The monoisotopic (exact) mass is 1380 g/mol. The second kappa shape index (κ2) is 41.7. The summed E-state index contributed by atoms with van der Waals surface area (Å²) in [4.78, 5) is 114. The maximum absolute atomic E-state index is 13.3. The van der Waals surface area contributed by atoms with Gasteiger partial charge in [-0.05, 0) is 29.8 Å². The molecule has 0 bridgehead atoms. The maximum Gasteiger partial charge on any atom is 0.411 e. The molecule has 99 heavy (non-hydrogen) atoms. The van der Waals surface area contributed by atoms with Gasteiger partial charge in [0, 0.05) is 116 Å². The number of benzene rings is 2. The molecule has 0 radical (unpaired) electrons. The fourth-order valence-electron chi connectivity index (χ4n) is 8.85. The summed E-state index contributed by atoms with van der Waals surface area (Å²) >= 11 is 0. The van der Waals surface area contributed by atoms with E-state index in [-0.39, 0.29) is 87.1 Å². The first-order chi connectivity index (χ1) is 47.9. The SMILES string of the molecule is Cn1cc(NC(=O)c2nc(NC(=O)CCC(=O)Nc3cc(NC(=O)c4nccn4C)cn3C)cn2C)cc1NC(=O)CCC(=O)Nc1cn(C)c(NC(=O)CCOCCOCCOCCOCCOCCOCCOCCOCCOc2ccc(NC(=O)OCc3ccccc3)cc2)n1. The summed E-state index contributed by atoms with van der Waals surface area (Å²) in [5, 5.41) is 21.5. The quantitative estimate of drug-likeness (QED) is 0.0231. The number of imidazole rings is 3. The summed E-state index contributed by atoms with van der Waals surface area (Å²) in [5.41, 5.74) is 2.26. The van der Waals surface area contributed by atoms with Crippen molar-refractivity contribution in [3.63, 3.8) is 0 Å². The van der Waals surface area contributed by atoms with Gasteiger partial charge in [0.15, 0.2) is 17.5 Å². The minimum atomic E-state index is -0.616. The van der Waals surface area contributed by atoms with E-state index in [9.17, 15) is 38.4 Å². The molecule has 34 heteroatoms. The third-order valence-corrected chi connectivity index (χ3v) is 13.9. The summed E-state index contributed by atoms with van der Waals surface area (Å²) in [6.45, 7) is 6.61. The molecule has 0 aliphatic carbocycles. The second-order valence-electron chi connectivity index (χ2n) is 21.8. The van der Waals surface area contributed by atoms with E-state index in [0.29, 0.717) is 134 Å². The fraction of sp³-hybridized carbons (Fsp3) is 0.431. The molecule has 0 unspecified atom stereocenters. The molecule has 5 heterocycles. The molecule has 7 rings (SSSR count). The van der Waals surface area contributed by atoms with Crippen molar-refractivity contribution in [2.24, 2.45) is 35.2 Å². The first-order valence-corrected chi connectivity index (χ1v) is 31.8. The molecule has 0 saturated heterocycles. The van der Waals surface area contributed by atoms with Gasteiger partial charge in [0.25, 0.3) is 11.8 Å². The van der Waals surface area contributed by atoms with Crippen LogP contribution < -0.4 is 47.3 Å². The standard InChI is InChI=1S/C65H86N16O18/c1-77-21-20-66-60(77)62(87)67-48-39-53(78(2)41-48)74-57(84)17-15-55(82)70-51-43-80(4)61(72-51)63(88)68-49-40-54(79(3)42-49)75-58(85)18-16-56(83)71-52-44-81(5)64(73-52)76-59(86)19-22-90-23-24-91-25-26-92-27-28-93-29-30-94-31-32-95-33-34-96-35-36-97-37-38-98-50-13-11-47(12-14-50)69-65(89)99-45-46-9-7-6-8-10-46/h6-14,20-21,39-44H,15-19,22-38,45H2,1-5H3,(H,67,87)(H,68,88)(H,69,89)(H,70,82)(H,71,83)(H,74,84)(H,75,85)(H,73,76,86). The van der Waals surface area contributed by atoms with E-state index in [1.165, 1.54) is 33.8 Å². The first kappa shape index (κ1) is 76.0. The van der Waals surface area contributed by atoms with Crippen molar-refractivity contribution in [3.8, 4) is 5.75 Å². The molecule has 0 atom stereocenters. The van der Waals surface area contributed by atoms with Crippen LogP contribution in [0.2, 0.25) is 0 Å². The zero-order chi connectivity index (χ0) is 70.6. The van der Waals surface area contributed by atoms with Crippen molar-refractivity contribution < 1.29 is 85.7 Å². The van der Waals surface area contributed by atoms with E-state index in [0.717, 1.165) is 5.56 Å². The smallest absolute Gasteiger partial charge is 0.411 e. The highest BCUT2D eigenvalue weighted by atomic mass is 16.6. The van der Waals surface area contributed by atoms with E-state index in [4.69, 9.17) is 47.4 Å². The molecule has 0 spiro atoms. The number of nitrogens with one attached hydrogen (secondary N) is 8. The van der Waals surface area contributed by atoms with Crippen molar-refractivity contribution in [3.05, 3.63) is 121 Å². The molecule has 5 aromatic heterocycles. The Bertz CT molecular complexity index is 3700. The summed E-state index contributed by atoms with van der Waals surface area (Å²) in [7, 11) is 8.23. The van der Waals surface area contributed by atoms with Crippen LogP contribution in [0.1, 0.15) is 58.9 Å². The predicted octanol–water partition coefficient (Wildman–Crippen LogP) is 5.07. The molecular weight excluding hydrogens is 1290 g/mol. The number of amides is 8. The normalized spacial score (nSPS) is 11.0. The van der Waals surface area contributed by atoms with Crippen molar-refractivity contribution in [1.82, 2.24) is 37.8 Å². The van der Waals surface area contributed by atoms with Gasteiger partial charge < -0.3 is 102 Å². The zero-order valence-corrected chi connectivity index (χ0v) is 56.0. The Balaban J connectivity index is 0.617. The van der Waals surface area contributed by atoms with E-state index in [1.807, 2.05) is 30.3 Å². The number of aryl methyl sites for hydroxylation is 5. The van der Waals surface area contributed by atoms with Crippen LogP contribution in [0.5, 0.6) is 5.75 Å². The Morgan fingerprint density at radius 2 is 0.818 bits per heavy atom. The summed E-state index contributed by atoms with van der Waals surface area (Å²) in [6, 6.07) is 19.5. The van der Waals surface area contributed by atoms with Crippen molar-refractivity contribution in [1.29, 1.82) is 0 Å². The second-order valence-corrected chi connectivity index (χ2v) is 21.8. The third-order valence-electron chi connectivity index (χ3n) is 13.9. The summed E-state index contributed by atoms with van der Waals surface area (Å²) in [6.07, 6.45) is 8.05. The topological polar surface area (TPSA) is 388 Å². The van der Waals surface area contributed by atoms with Crippen LogP contribution in [0, 0.1) is 0 Å². The lowest BCUT2D eigenvalue weighted by Crippen LogP contribution is -2.19. The molecule has 534 valence electrons. The van der Waals surface area contributed by atoms with Crippen LogP contribution in [-0.4, -0.2) is 198 Å². The lowest BCUT2D eigenvalue weighted by Gasteiger charge is -2.10. The number of anilines is 8. The molecule has 0 aliphatic heterocycles. The van der Waals surface area contributed by atoms with Crippen LogP contribution in [-0.2, 0) is 108 Å². The van der Waals surface area contributed by atoms with Gasteiger partial charge in [0.2, 0.25) is 41.3 Å². The molecule has 8 amide bonds. The Morgan fingerprint density at radius 3 is 1.30 bits per heavy atom. The molecule has 2 aromatic carbocycles. The number of nitrogens with zero attached hydrogens (tertiary/aromatic N) is 8. The lowest BCUT2D eigenvalue weighted by atomic mass is 10.2. The van der Waals surface area contributed by atoms with Crippen LogP contribution in [0.15, 0.2) is 104 Å². The third kappa shape index (κ3) is 28.3. The van der Waals surface area contributed by atoms with Crippen molar-refractivity contribution in [2.45, 2.75) is 38.7 Å². The minimum absolute atomic E-state index is 0.0418. The van der Waals surface area contributed by atoms with Crippen LogP contribution >= 0.6 is 0 Å². The van der Waals surface area contributed by atoms with Gasteiger partial charge in [-0.15, -0.1) is 0 Å². The Morgan fingerprint density at radius 1 is 0.384 bits per heavy atom. The first-order valence-electron chi connectivity index (χ1n) is 31.8. The van der Waals surface area contributed by atoms with E-state index < -0.39 is 41.5 Å². The molecule has 8 N–H and O–H groups in total. The number of hydrogen-bond donors (Lipinski definition) is 8. The van der Waals surface area contributed by atoms with E-state index in [1.54, 1.807) is 97.9 Å². The van der Waals surface area contributed by atoms with Crippen LogP contribution in [0.4, 0.5) is 51.1 Å². The Labute approximate surface area is 570 Å². The largest absolute Gasteiger partial charge is 0.491 e. The van der Waals surface area contributed by atoms with Gasteiger partial charge in [-0.1, -0.05) is 30.3 Å². The average Bonchev–Trinajstić information content (AvgIpc) is 1.72. The molecule has 0 fully saturated rings. The lowest BCUT2D eigenvalue weighted by molar-refractivity contribution is -0.121. The summed E-state index contributed by atoms with van der Waals surface area (Å²) in [5.74, 6) is -1.36. The molecule has 0 aliphatic rings. The van der Waals surface area contributed by atoms with Gasteiger partial charge in [-0.25, -0.2) is 14.8 Å². The zero-order valence-electron chi connectivity index (χ0n) is 56.0. The predicted molar refractivity (Wildman–Crippen MR) is 361 cm³/mol. The number of carbonyl (C=O) groups excluding carboxylic acids is 8. The highest BCUT2D eigenvalue weighted by Gasteiger charge is 2.20. The van der Waals surface area contributed by atoms with Gasteiger partial charge in [-0.2, -0.15) is 4.98 Å². The van der Waals surface area contributed by atoms with Crippen LogP contribution in [0.25, 0.3) is 0 Å². The Kier molecular flexibility index (Phi) is 32.0. The van der Waals surface area contributed by atoms with E-state index >= 15 is 0 Å². The fourth-order valence-corrected chi connectivity index (χ4v) is 8.85. The molecule has 7 aromatic rings. The number of carbonyl (C=O) groups is 8. The van der Waals surface area contributed by atoms with Crippen molar-refractivity contribution >= 4 is 93.7 Å². The van der Waals surface area contributed by atoms with Gasteiger partial charge in [0.1, 0.15) is 30.6 Å². The van der Waals surface area contributed by atoms with E-state index in [2.05, 4.69) is 57.5 Å². The van der Waals surface area contributed by atoms with Gasteiger partial charge >= 0.3 is 6.09 Å². The average molecular weight is 1380 g/mol. The Hall–Kier alpha value is -10.3. The molecule has 0 saturated carbocycles. The van der Waals surface area contributed by atoms with Gasteiger partial charge in [-0.3, -0.25) is 44.2 Å². The van der Waals surface area contributed by atoms with Crippen LogP contribution in [0.3, 0.4) is 0 Å². The minimum Gasteiger partial charge on any atom is -0.491 e. The van der Waals surface area contributed by atoms with Crippen molar-refractivity contribution in [2.75, 3.05) is 155 Å². The van der Waals surface area contributed by atoms with Gasteiger partial charge in [0.05, 0.1) is 124 Å². The highest BCUT2D eigenvalue weighted by molar-refractivity contribution is 6.04. The number of aromatic nitrogens is 8. The highest BCUT2D eigenvalue weighted by Crippen LogP contribution is 2.22. The summed E-state index contributed by atoms with van der Waals surface area (Å²) < 4.78 is 62.9. The molecular formula is C65H86N16O18. The maximum atomic E-state index is 13.3. The molecule has 34 nitrogen and oxygen atoms in total. The number of rotatable bonds is 46. The number of ether oxygens (including phenoxy) is 10. The number of hydrogen-bond acceptors (Lipinski definition) is 21.